The summed E-state index contributed by atoms with van der Waals surface area (Å²) in [5, 5.41) is 18.1. The molecule has 3 rings (SSSR count). The van der Waals surface area contributed by atoms with E-state index in [4.69, 9.17) is 0 Å². The number of hydrogen-bond acceptors (Lipinski definition) is 5. The lowest BCUT2D eigenvalue weighted by Gasteiger charge is -2.29. The van der Waals surface area contributed by atoms with Crippen molar-refractivity contribution in [1.29, 1.82) is 0 Å². The zero-order valence-corrected chi connectivity index (χ0v) is 16.5. The van der Waals surface area contributed by atoms with Gasteiger partial charge in [-0.3, -0.25) is 0 Å². The molecule has 0 spiro atoms. The monoisotopic (exact) mass is 387 g/mol. The van der Waals surface area contributed by atoms with Crippen LogP contribution in [-0.2, 0) is 16.4 Å². The lowest BCUT2D eigenvalue weighted by molar-refractivity contribution is 0.288. The molecule has 1 aliphatic rings. The molecule has 0 unspecified atom stereocenters. The van der Waals surface area contributed by atoms with Crippen LogP contribution in [0.25, 0.3) is 0 Å². The number of aromatic hydroxyl groups is 1. The predicted octanol–water partition coefficient (Wildman–Crippen LogP) is 4.79. The molecule has 1 N–H and O–H groups in total. The molecule has 1 aliphatic heterocycles. The van der Waals surface area contributed by atoms with E-state index in [0.29, 0.717) is 30.4 Å². The average molecular weight is 388 g/mol. The number of hydrogen-bond donors (Lipinski definition) is 1. The Labute approximate surface area is 160 Å². The van der Waals surface area contributed by atoms with Crippen LogP contribution < -0.4 is 0 Å². The van der Waals surface area contributed by atoms with Crippen LogP contribution in [0.2, 0.25) is 0 Å². The third-order valence-corrected chi connectivity index (χ3v) is 6.85. The maximum atomic E-state index is 12.7. The van der Waals surface area contributed by atoms with Gasteiger partial charge < -0.3 is 5.11 Å². The van der Waals surface area contributed by atoms with E-state index < -0.39 is 10.0 Å². The Hall–Kier alpha value is -2.25. The van der Waals surface area contributed by atoms with Crippen LogP contribution >= 0.6 is 0 Å². The number of sulfonamides is 1. The van der Waals surface area contributed by atoms with Gasteiger partial charge in [0.15, 0.2) is 0 Å². The minimum Gasteiger partial charge on any atom is -0.506 e. The van der Waals surface area contributed by atoms with Crippen molar-refractivity contribution in [1.82, 2.24) is 4.31 Å². The number of rotatable bonds is 5. The van der Waals surface area contributed by atoms with Gasteiger partial charge in [0.05, 0.1) is 10.6 Å². The Morgan fingerprint density at radius 1 is 1.07 bits per heavy atom. The smallest absolute Gasteiger partial charge is 0.243 e. The van der Waals surface area contributed by atoms with Crippen LogP contribution in [0.15, 0.2) is 57.6 Å². The average Bonchev–Trinajstić information content (AvgIpc) is 2.68. The fourth-order valence-electron chi connectivity index (χ4n) is 3.04. The summed E-state index contributed by atoms with van der Waals surface area (Å²) >= 11 is 0. The quantitative estimate of drug-likeness (QED) is 0.749. The SMILES string of the molecule is CCc1ccc(O)c(N=Nc2ccc(S(=O)(=O)N3CCC(C)CC3)cc2)c1. The van der Waals surface area contributed by atoms with Gasteiger partial charge in [-0.15, -0.1) is 5.11 Å². The fraction of sp³-hybridized carbons (Fsp3) is 0.400. The second-order valence-electron chi connectivity index (χ2n) is 6.96. The molecular formula is C20H25N3O3S. The highest BCUT2D eigenvalue weighted by Gasteiger charge is 2.27. The van der Waals surface area contributed by atoms with E-state index in [2.05, 4.69) is 17.2 Å². The van der Waals surface area contributed by atoms with E-state index in [1.54, 1.807) is 40.7 Å². The highest BCUT2D eigenvalue weighted by Crippen LogP contribution is 2.30. The number of aryl methyl sites for hydroxylation is 1. The first-order chi connectivity index (χ1) is 12.9. The molecule has 0 amide bonds. The van der Waals surface area contributed by atoms with Gasteiger partial charge in [-0.2, -0.15) is 9.42 Å². The summed E-state index contributed by atoms with van der Waals surface area (Å²) in [5.41, 5.74) is 1.98. The Morgan fingerprint density at radius 2 is 1.74 bits per heavy atom. The largest absolute Gasteiger partial charge is 0.506 e. The van der Waals surface area contributed by atoms with E-state index in [-0.39, 0.29) is 10.6 Å². The Kier molecular flexibility index (Phi) is 5.92. The molecule has 7 heteroatoms. The van der Waals surface area contributed by atoms with Gasteiger partial charge in [0.2, 0.25) is 10.0 Å². The van der Waals surface area contributed by atoms with Crippen molar-refractivity contribution in [2.24, 2.45) is 16.1 Å². The maximum Gasteiger partial charge on any atom is 0.243 e. The van der Waals surface area contributed by atoms with Crippen molar-refractivity contribution in [3.05, 3.63) is 48.0 Å². The molecule has 6 nitrogen and oxygen atoms in total. The number of benzene rings is 2. The number of phenolic OH excluding ortho intramolecular Hbond substituents is 1. The van der Waals surface area contributed by atoms with E-state index in [9.17, 15) is 13.5 Å². The molecule has 0 bridgehead atoms. The standard InChI is InChI=1S/C20H25N3O3S/c1-3-16-4-9-20(24)19(14-16)22-21-17-5-7-18(8-6-17)27(25,26)23-12-10-15(2)11-13-23/h4-9,14-15,24H,3,10-13H2,1-2H3. The second kappa shape index (κ2) is 8.19. The van der Waals surface area contributed by atoms with Gasteiger partial charge in [-0.05, 0) is 67.1 Å². The second-order valence-corrected chi connectivity index (χ2v) is 8.90. The number of phenols is 1. The van der Waals surface area contributed by atoms with Gasteiger partial charge in [-0.25, -0.2) is 8.42 Å². The molecule has 1 saturated heterocycles. The molecule has 0 aliphatic carbocycles. The Balaban J connectivity index is 1.75. The zero-order valence-electron chi connectivity index (χ0n) is 15.7. The molecular weight excluding hydrogens is 362 g/mol. The third kappa shape index (κ3) is 4.54. The topological polar surface area (TPSA) is 82.3 Å². The van der Waals surface area contributed by atoms with Crippen LogP contribution in [-0.4, -0.2) is 30.9 Å². The zero-order chi connectivity index (χ0) is 19.4. The molecule has 0 atom stereocenters. The van der Waals surface area contributed by atoms with Gasteiger partial charge in [-0.1, -0.05) is 19.9 Å². The summed E-state index contributed by atoms with van der Waals surface area (Å²) in [6.07, 6.45) is 2.63. The van der Waals surface area contributed by atoms with E-state index in [1.807, 2.05) is 13.0 Å². The summed E-state index contributed by atoms with van der Waals surface area (Å²) in [6.45, 7) is 5.31. The summed E-state index contributed by atoms with van der Waals surface area (Å²) in [6, 6.07) is 11.6. The summed E-state index contributed by atoms with van der Waals surface area (Å²) in [5.74, 6) is 0.635. The van der Waals surface area contributed by atoms with Crippen molar-refractivity contribution in [3.63, 3.8) is 0 Å². The predicted molar refractivity (Wildman–Crippen MR) is 105 cm³/mol. The highest BCUT2D eigenvalue weighted by atomic mass is 32.2. The van der Waals surface area contributed by atoms with Crippen molar-refractivity contribution >= 4 is 21.4 Å². The van der Waals surface area contributed by atoms with Crippen LogP contribution in [0.4, 0.5) is 11.4 Å². The van der Waals surface area contributed by atoms with E-state index in [0.717, 1.165) is 24.8 Å². The molecule has 2 aromatic carbocycles. The van der Waals surface area contributed by atoms with E-state index in [1.165, 1.54) is 0 Å². The lowest BCUT2D eigenvalue weighted by Crippen LogP contribution is -2.37. The molecule has 0 saturated carbocycles. The van der Waals surface area contributed by atoms with Gasteiger partial charge in [0.1, 0.15) is 11.4 Å². The van der Waals surface area contributed by atoms with Crippen LogP contribution in [0.5, 0.6) is 5.75 Å². The van der Waals surface area contributed by atoms with Crippen LogP contribution in [0, 0.1) is 5.92 Å². The van der Waals surface area contributed by atoms with Crippen LogP contribution in [0.3, 0.4) is 0 Å². The summed E-state index contributed by atoms with van der Waals surface area (Å²) in [4.78, 5) is 0.270. The molecule has 27 heavy (non-hydrogen) atoms. The van der Waals surface area contributed by atoms with Crippen molar-refractivity contribution in [2.45, 2.75) is 38.0 Å². The first-order valence-corrected chi connectivity index (χ1v) is 10.7. The summed E-state index contributed by atoms with van der Waals surface area (Å²) in [7, 11) is -3.46. The maximum absolute atomic E-state index is 12.7. The van der Waals surface area contributed by atoms with Gasteiger partial charge in [0, 0.05) is 13.1 Å². The normalized spacial score (nSPS) is 16.8. The van der Waals surface area contributed by atoms with Crippen molar-refractivity contribution < 1.29 is 13.5 Å². The van der Waals surface area contributed by atoms with Crippen molar-refractivity contribution in [3.8, 4) is 5.75 Å². The van der Waals surface area contributed by atoms with Gasteiger partial charge in [0.25, 0.3) is 0 Å². The number of nitrogens with zero attached hydrogens (tertiary/aromatic N) is 3. The minimum atomic E-state index is -3.46. The molecule has 1 heterocycles. The van der Waals surface area contributed by atoms with Crippen LogP contribution in [0.1, 0.15) is 32.3 Å². The molecule has 144 valence electrons. The molecule has 2 aromatic rings. The lowest BCUT2D eigenvalue weighted by atomic mass is 10.0. The Morgan fingerprint density at radius 3 is 2.37 bits per heavy atom. The van der Waals surface area contributed by atoms with Crippen molar-refractivity contribution in [2.75, 3.05) is 13.1 Å². The third-order valence-electron chi connectivity index (χ3n) is 4.94. The minimum absolute atomic E-state index is 0.0643. The fourth-order valence-corrected chi connectivity index (χ4v) is 4.51. The summed E-state index contributed by atoms with van der Waals surface area (Å²) < 4.78 is 27.0. The molecule has 0 aromatic heterocycles. The highest BCUT2D eigenvalue weighted by molar-refractivity contribution is 7.89. The first-order valence-electron chi connectivity index (χ1n) is 9.24. The first kappa shape index (κ1) is 19.5. The number of piperidine rings is 1. The number of azo groups is 1. The molecule has 1 fully saturated rings. The van der Waals surface area contributed by atoms with Gasteiger partial charge >= 0.3 is 0 Å². The van der Waals surface area contributed by atoms with E-state index >= 15 is 0 Å². The Bertz CT molecular complexity index is 916. The molecule has 0 radical (unpaired) electrons.